The quantitative estimate of drug-likeness (QED) is 0.761. The van der Waals surface area contributed by atoms with Gasteiger partial charge in [-0.05, 0) is 19.1 Å². The van der Waals surface area contributed by atoms with Crippen LogP contribution in [0.15, 0.2) is 29.0 Å². The lowest BCUT2D eigenvalue weighted by atomic mass is 10.2. The van der Waals surface area contributed by atoms with Crippen LogP contribution in [-0.4, -0.2) is 21.8 Å². The molecule has 0 saturated carbocycles. The number of hydrogen-bond donors (Lipinski definition) is 1. The van der Waals surface area contributed by atoms with Crippen molar-refractivity contribution in [1.82, 2.24) is 20.6 Å². The first kappa shape index (κ1) is 10.8. The Labute approximate surface area is 93.9 Å². The highest BCUT2D eigenvalue weighted by molar-refractivity contribution is 5.05. The maximum Gasteiger partial charge on any atom is 0.121 e. The summed E-state index contributed by atoms with van der Waals surface area (Å²) in [6, 6.07) is 5.93. The van der Waals surface area contributed by atoms with Gasteiger partial charge in [0, 0.05) is 31.4 Å². The summed E-state index contributed by atoms with van der Waals surface area (Å²) in [6.07, 6.45) is 2.71. The van der Waals surface area contributed by atoms with Crippen LogP contribution in [0.4, 0.5) is 0 Å². The highest BCUT2D eigenvalue weighted by Gasteiger charge is 2.03. The lowest BCUT2D eigenvalue weighted by molar-refractivity contribution is 0.300. The summed E-state index contributed by atoms with van der Waals surface area (Å²) in [5.74, 6) is 0. The number of aromatic nitrogens is 3. The van der Waals surface area contributed by atoms with Crippen LogP contribution in [-0.2, 0) is 13.0 Å². The summed E-state index contributed by atoms with van der Waals surface area (Å²) < 4.78 is 4.61. The molecule has 0 aromatic carbocycles. The Balaban J connectivity index is 1.72. The molecule has 0 fully saturated rings. The van der Waals surface area contributed by atoms with E-state index in [4.69, 9.17) is 0 Å². The van der Waals surface area contributed by atoms with Gasteiger partial charge in [-0.15, -0.1) is 0 Å². The zero-order valence-electron chi connectivity index (χ0n) is 9.18. The average Bonchev–Trinajstić information content (AvgIpc) is 2.72. The Hall–Kier alpha value is -1.75. The van der Waals surface area contributed by atoms with Gasteiger partial charge in [-0.25, -0.2) is 4.63 Å². The van der Waals surface area contributed by atoms with Gasteiger partial charge in [-0.3, -0.25) is 4.98 Å². The Morgan fingerprint density at radius 1 is 1.31 bits per heavy atom. The molecule has 0 bridgehead atoms. The maximum atomic E-state index is 4.61. The van der Waals surface area contributed by atoms with Crippen LogP contribution in [0.5, 0.6) is 0 Å². The van der Waals surface area contributed by atoms with E-state index in [0.717, 1.165) is 30.0 Å². The third kappa shape index (κ3) is 2.87. The number of pyridine rings is 1. The molecule has 0 aliphatic rings. The molecule has 0 aliphatic carbocycles. The number of rotatable bonds is 5. The van der Waals surface area contributed by atoms with Gasteiger partial charge in [0.25, 0.3) is 0 Å². The van der Waals surface area contributed by atoms with E-state index in [2.05, 4.69) is 25.2 Å². The van der Waals surface area contributed by atoms with Gasteiger partial charge >= 0.3 is 0 Å². The second kappa shape index (κ2) is 5.37. The predicted octanol–water partition coefficient (Wildman–Crippen LogP) is 1.11. The Morgan fingerprint density at radius 3 is 2.94 bits per heavy atom. The van der Waals surface area contributed by atoms with E-state index >= 15 is 0 Å². The Kier molecular flexibility index (Phi) is 3.61. The number of aryl methyl sites for hydroxylation is 1. The molecule has 2 aromatic rings. The van der Waals surface area contributed by atoms with Crippen LogP contribution >= 0.6 is 0 Å². The molecule has 0 unspecified atom stereocenters. The highest BCUT2D eigenvalue weighted by Crippen LogP contribution is 1.99. The largest absolute Gasteiger partial charge is 0.311 e. The third-order valence-electron chi connectivity index (χ3n) is 2.32. The highest BCUT2D eigenvalue weighted by atomic mass is 16.6. The topological polar surface area (TPSA) is 63.8 Å². The zero-order chi connectivity index (χ0) is 11.2. The molecule has 5 nitrogen and oxygen atoms in total. The fourth-order valence-corrected chi connectivity index (χ4v) is 1.38. The Bertz CT molecular complexity index is 427. The molecule has 16 heavy (non-hydrogen) atoms. The second-order valence-electron chi connectivity index (χ2n) is 3.54. The second-order valence-corrected chi connectivity index (χ2v) is 3.54. The molecule has 0 spiro atoms. The van der Waals surface area contributed by atoms with E-state index in [1.807, 2.05) is 25.1 Å². The van der Waals surface area contributed by atoms with Crippen molar-refractivity contribution in [3.05, 3.63) is 41.5 Å². The van der Waals surface area contributed by atoms with Crippen LogP contribution in [0.3, 0.4) is 0 Å². The molecule has 1 N–H and O–H groups in total. The van der Waals surface area contributed by atoms with Gasteiger partial charge in [0.05, 0.1) is 0 Å². The minimum Gasteiger partial charge on any atom is -0.311 e. The molecule has 0 atom stereocenters. The van der Waals surface area contributed by atoms with E-state index < -0.39 is 0 Å². The number of hydrogen-bond acceptors (Lipinski definition) is 5. The minimum atomic E-state index is 0.683. The zero-order valence-corrected chi connectivity index (χ0v) is 9.18. The summed E-state index contributed by atoms with van der Waals surface area (Å²) >= 11 is 0. The maximum absolute atomic E-state index is 4.61. The molecule has 2 heterocycles. The summed E-state index contributed by atoms with van der Waals surface area (Å²) in [5, 5.41) is 10.8. The normalized spacial score (nSPS) is 10.6. The number of nitrogens with zero attached hydrogens (tertiary/aromatic N) is 3. The first-order valence-electron chi connectivity index (χ1n) is 5.25. The molecule has 2 rings (SSSR count). The molecule has 0 saturated heterocycles. The predicted molar refractivity (Wildman–Crippen MR) is 58.7 cm³/mol. The van der Waals surface area contributed by atoms with Crippen molar-refractivity contribution in [2.45, 2.75) is 19.9 Å². The van der Waals surface area contributed by atoms with Crippen molar-refractivity contribution < 1.29 is 4.63 Å². The van der Waals surface area contributed by atoms with E-state index in [9.17, 15) is 0 Å². The van der Waals surface area contributed by atoms with Crippen molar-refractivity contribution in [2.75, 3.05) is 6.54 Å². The molecule has 5 heteroatoms. The van der Waals surface area contributed by atoms with Crippen LogP contribution in [0, 0.1) is 6.92 Å². The van der Waals surface area contributed by atoms with E-state index in [1.54, 1.807) is 6.20 Å². The van der Waals surface area contributed by atoms with Crippen molar-refractivity contribution in [2.24, 2.45) is 0 Å². The van der Waals surface area contributed by atoms with Gasteiger partial charge in [-0.2, -0.15) is 0 Å². The van der Waals surface area contributed by atoms with Crippen molar-refractivity contribution in [1.29, 1.82) is 0 Å². The smallest absolute Gasteiger partial charge is 0.121 e. The molecule has 0 radical (unpaired) electrons. The van der Waals surface area contributed by atoms with Gasteiger partial charge in [-0.1, -0.05) is 16.4 Å². The summed E-state index contributed by atoms with van der Waals surface area (Å²) in [6.45, 7) is 3.43. The van der Waals surface area contributed by atoms with Gasteiger partial charge in [0.2, 0.25) is 0 Å². The third-order valence-corrected chi connectivity index (χ3v) is 2.32. The van der Waals surface area contributed by atoms with Crippen LogP contribution in [0.2, 0.25) is 0 Å². The Morgan fingerprint density at radius 2 is 2.25 bits per heavy atom. The van der Waals surface area contributed by atoms with E-state index in [0.29, 0.717) is 6.54 Å². The monoisotopic (exact) mass is 218 g/mol. The van der Waals surface area contributed by atoms with Crippen molar-refractivity contribution in [3.63, 3.8) is 0 Å². The summed E-state index contributed by atoms with van der Waals surface area (Å²) in [7, 11) is 0. The van der Waals surface area contributed by atoms with Gasteiger partial charge in [0.1, 0.15) is 11.4 Å². The first-order chi connectivity index (χ1) is 7.86. The van der Waals surface area contributed by atoms with Crippen LogP contribution in [0.1, 0.15) is 17.1 Å². The van der Waals surface area contributed by atoms with Crippen LogP contribution < -0.4 is 5.32 Å². The molecule has 0 amide bonds. The SMILES string of the molecule is Cc1nonc1CNCCc1ccccn1. The molecule has 84 valence electrons. The van der Waals surface area contributed by atoms with Crippen LogP contribution in [0.25, 0.3) is 0 Å². The van der Waals surface area contributed by atoms with E-state index in [1.165, 1.54) is 0 Å². The van der Waals surface area contributed by atoms with Crippen molar-refractivity contribution >= 4 is 0 Å². The van der Waals surface area contributed by atoms with Gasteiger partial charge < -0.3 is 5.32 Å². The lowest BCUT2D eigenvalue weighted by Gasteiger charge is -2.01. The molecular formula is C11H14N4O. The summed E-state index contributed by atoms with van der Waals surface area (Å²) in [5.41, 5.74) is 2.79. The fraction of sp³-hybridized carbons (Fsp3) is 0.364. The first-order valence-corrected chi connectivity index (χ1v) is 5.25. The summed E-state index contributed by atoms with van der Waals surface area (Å²) in [4.78, 5) is 4.24. The van der Waals surface area contributed by atoms with Gasteiger partial charge in [0.15, 0.2) is 0 Å². The van der Waals surface area contributed by atoms with E-state index in [-0.39, 0.29) is 0 Å². The standard InChI is InChI=1S/C11H14N4O/c1-9-11(15-16-14-9)8-12-7-5-10-4-2-3-6-13-10/h2-4,6,12H,5,7-8H2,1H3. The van der Waals surface area contributed by atoms with Crippen molar-refractivity contribution in [3.8, 4) is 0 Å². The minimum absolute atomic E-state index is 0.683. The average molecular weight is 218 g/mol. The number of nitrogens with one attached hydrogen (secondary N) is 1. The molecule has 0 aliphatic heterocycles. The molecular weight excluding hydrogens is 204 g/mol. The fourth-order valence-electron chi connectivity index (χ4n) is 1.38. The molecule has 2 aromatic heterocycles. The lowest BCUT2D eigenvalue weighted by Crippen LogP contribution is -2.17.